The zero-order chi connectivity index (χ0) is 10.7. The van der Waals surface area contributed by atoms with Gasteiger partial charge in [-0.05, 0) is 0 Å². The minimum absolute atomic E-state index is 0.127. The number of nitrogens with two attached hydrogens (primary N) is 2. The Hall–Kier alpha value is -0.620. The van der Waals surface area contributed by atoms with Crippen molar-refractivity contribution >= 4 is 15.9 Å². The molecule has 4 N–H and O–H groups in total. The number of sulfonamides is 1. The minimum atomic E-state index is -3.43. The number of nitrogens with zero attached hydrogens (tertiary/aromatic N) is 1. The Bertz CT molecular complexity index is 287. The van der Waals surface area contributed by atoms with Crippen LogP contribution in [0.25, 0.3) is 0 Å². The smallest absolute Gasteiger partial charge is 0.210 e. The molecule has 5 nitrogen and oxygen atoms in total. The Balaban J connectivity index is 4.16. The monoisotopic (exact) mass is 207 g/mol. The molecule has 0 saturated heterocycles. The van der Waals surface area contributed by atoms with Crippen LogP contribution in [0.2, 0.25) is 0 Å². The summed E-state index contributed by atoms with van der Waals surface area (Å²) in [5.41, 5.74) is 5.37. The van der Waals surface area contributed by atoms with Gasteiger partial charge in [-0.3, -0.25) is 4.99 Å². The zero-order valence-corrected chi connectivity index (χ0v) is 9.06. The molecule has 0 aliphatic rings. The van der Waals surface area contributed by atoms with E-state index in [4.69, 9.17) is 10.9 Å². The average Bonchev–Trinajstić information content (AvgIpc) is 1.82. The van der Waals surface area contributed by atoms with E-state index in [0.29, 0.717) is 5.84 Å². The second kappa shape index (κ2) is 4.06. The third-order valence-corrected chi connectivity index (χ3v) is 2.18. The highest BCUT2D eigenvalue weighted by Crippen LogP contribution is 2.12. The summed E-state index contributed by atoms with van der Waals surface area (Å²) < 4.78 is 21.1. The number of rotatable bonds is 3. The van der Waals surface area contributed by atoms with Crippen LogP contribution in [0.1, 0.15) is 20.8 Å². The Labute approximate surface area is 79.3 Å². The van der Waals surface area contributed by atoms with Crippen molar-refractivity contribution in [2.75, 3.05) is 12.3 Å². The van der Waals surface area contributed by atoms with Gasteiger partial charge in [0.25, 0.3) is 0 Å². The lowest BCUT2D eigenvalue weighted by atomic mass is 9.95. The summed E-state index contributed by atoms with van der Waals surface area (Å²) >= 11 is 0. The van der Waals surface area contributed by atoms with Crippen molar-refractivity contribution in [3.05, 3.63) is 0 Å². The molecule has 0 spiro atoms. The van der Waals surface area contributed by atoms with E-state index >= 15 is 0 Å². The average molecular weight is 207 g/mol. The molecule has 0 aromatic carbocycles. The molecule has 0 unspecified atom stereocenters. The predicted octanol–water partition coefficient (Wildman–Crippen LogP) is -0.322. The van der Waals surface area contributed by atoms with Crippen molar-refractivity contribution in [3.63, 3.8) is 0 Å². The Morgan fingerprint density at radius 1 is 1.38 bits per heavy atom. The van der Waals surface area contributed by atoms with Crippen molar-refractivity contribution < 1.29 is 8.42 Å². The van der Waals surface area contributed by atoms with E-state index in [0.717, 1.165) is 0 Å². The van der Waals surface area contributed by atoms with E-state index in [1.807, 2.05) is 20.8 Å². The van der Waals surface area contributed by atoms with Crippen LogP contribution in [0.5, 0.6) is 0 Å². The maximum absolute atomic E-state index is 10.5. The molecule has 13 heavy (non-hydrogen) atoms. The van der Waals surface area contributed by atoms with E-state index < -0.39 is 10.0 Å². The first-order valence-corrected chi connectivity index (χ1v) is 5.65. The molecule has 0 aliphatic carbocycles. The van der Waals surface area contributed by atoms with Gasteiger partial charge in [-0.15, -0.1) is 0 Å². The molecule has 0 bridgehead atoms. The lowest BCUT2D eigenvalue weighted by Crippen LogP contribution is -2.30. The van der Waals surface area contributed by atoms with Crippen LogP contribution >= 0.6 is 0 Å². The minimum Gasteiger partial charge on any atom is -0.387 e. The van der Waals surface area contributed by atoms with E-state index in [2.05, 4.69) is 4.99 Å². The summed E-state index contributed by atoms with van der Waals surface area (Å²) in [7, 11) is -3.43. The highest BCUT2D eigenvalue weighted by molar-refractivity contribution is 7.89. The number of hydrogen-bond acceptors (Lipinski definition) is 3. The lowest BCUT2D eigenvalue weighted by Gasteiger charge is -2.17. The normalized spacial score (nSPS) is 14.6. The van der Waals surface area contributed by atoms with Gasteiger partial charge >= 0.3 is 0 Å². The van der Waals surface area contributed by atoms with Crippen molar-refractivity contribution in [2.24, 2.45) is 21.3 Å². The number of primary sulfonamides is 1. The highest BCUT2D eigenvalue weighted by atomic mass is 32.2. The molecule has 0 amide bonds. The summed E-state index contributed by atoms with van der Waals surface area (Å²) in [6.45, 7) is 5.84. The quantitative estimate of drug-likeness (QED) is 0.490. The standard InChI is InChI=1S/C7H17N3O2S/c1-7(2,3)6(8)10-4-5-13(9,11)12/h4-5H2,1-3H3,(H2,8,10)(H2,9,11,12). The van der Waals surface area contributed by atoms with Gasteiger partial charge in [0.2, 0.25) is 10.0 Å². The first-order chi connectivity index (χ1) is 5.63. The third-order valence-electron chi connectivity index (χ3n) is 1.43. The van der Waals surface area contributed by atoms with Crippen LogP contribution in [0.3, 0.4) is 0 Å². The van der Waals surface area contributed by atoms with E-state index in [-0.39, 0.29) is 17.7 Å². The molecular formula is C7H17N3O2S. The van der Waals surface area contributed by atoms with Gasteiger partial charge in [-0.25, -0.2) is 13.6 Å². The highest BCUT2D eigenvalue weighted by Gasteiger charge is 2.15. The molecular weight excluding hydrogens is 190 g/mol. The van der Waals surface area contributed by atoms with Gasteiger partial charge in [0, 0.05) is 5.41 Å². The Morgan fingerprint density at radius 3 is 2.15 bits per heavy atom. The van der Waals surface area contributed by atoms with Crippen LogP contribution in [0.4, 0.5) is 0 Å². The molecule has 78 valence electrons. The maximum Gasteiger partial charge on any atom is 0.210 e. The SMILES string of the molecule is CC(C)(C)C(N)=NCCS(N)(=O)=O. The molecule has 0 radical (unpaired) electrons. The van der Waals surface area contributed by atoms with Crippen LogP contribution in [-0.2, 0) is 10.0 Å². The number of amidine groups is 1. The molecule has 0 aromatic rings. The van der Waals surface area contributed by atoms with Crippen molar-refractivity contribution in [1.29, 1.82) is 0 Å². The molecule has 0 aliphatic heterocycles. The summed E-state index contributed by atoms with van der Waals surface area (Å²) in [4.78, 5) is 3.92. The van der Waals surface area contributed by atoms with Crippen LogP contribution in [0.15, 0.2) is 4.99 Å². The summed E-state index contributed by atoms with van der Waals surface area (Å²) in [5.74, 6) is 0.278. The molecule has 0 rings (SSSR count). The Kier molecular flexibility index (Phi) is 3.87. The topological polar surface area (TPSA) is 98.5 Å². The van der Waals surface area contributed by atoms with Gasteiger partial charge in [0.15, 0.2) is 0 Å². The largest absolute Gasteiger partial charge is 0.387 e. The Morgan fingerprint density at radius 2 is 1.85 bits per heavy atom. The van der Waals surface area contributed by atoms with Crippen LogP contribution in [-0.4, -0.2) is 26.6 Å². The molecule has 0 fully saturated rings. The van der Waals surface area contributed by atoms with Crippen molar-refractivity contribution in [1.82, 2.24) is 0 Å². The van der Waals surface area contributed by atoms with E-state index in [1.165, 1.54) is 0 Å². The summed E-state index contributed by atoms with van der Waals surface area (Å²) in [6.07, 6.45) is 0. The lowest BCUT2D eigenvalue weighted by molar-refractivity contribution is 0.580. The molecule has 0 aromatic heterocycles. The van der Waals surface area contributed by atoms with Gasteiger partial charge in [-0.2, -0.15) is 0 Å². The zero-order valence-electron chi connectivity index (χ0n) is 8.24. The van der Waals surface area contributed by atoms with Crippen LogP contribution < -0.4 is 10.9 Å². The van der Waals surface area contributed by atoms with Gasteiger partial charge in [0.05, 0.1) is 18.1 Å². The molecule has 0 saturated carbocycles. The van der Waals surface area contributed by atoms with Gasteiger partial charge in [-0.1, -0.05) is 20.8 Å². The fourth-order valence-corrected chi connectivity index (χ4v) is 0.876. The summed E-state index contributed by atoms with van der Waals surface area (Å²) in [6, 6.07) is 0. The molecule has 0 atom stereocenters. The molecule has 0 heterocycles. The van der Waals surface area contributed by atoms with E-state index in [9.17, 15) is 8.42 Å². The predicted molar refractivity (Wildman–Crippen MR) is 53.9 cm³/mol. The summed E-state index contributed by atoms with van der Waals surface area (Å²) in [5, 5.41) is 4.79. The first kappa shape index (κ1) is 12.4. The fraction of sp³-hybridized carbons (Fsp3) is 0.857. The maximum atomic E-state index is 10.5. The third kappa shape index (κ3) is 6.53. The van der Waals surface area contributed by atoms with E-state index in [1.54, 1.807) is 0 Å². The molecule has 6 heteroatoms. The van der Waals surface area contributed by atoms with Crippen molar-refractivity contribution in [3.8, 4) is 0 Å². The van der Waals surface area contributed by atoms with Crippen molar-refractivity contribution in [2.45, 2.75) is 20.8 Å². The van der Waals surface area contributed by atoms with Gasteiger partial charge in [0.1, 0.15) is 0 Å². The van der Waals surface area contributed by atoms with Crippen LogP contribution in [0, 0.1) is 5.41 Å². The van der Waals surface area contributed by atoms with Gasteiger partial charge < -0.3 is 5.73 Å². The number of aliphatic imine (C=N–C) groups is 1. The fourth-order valence-electron chi connectivity index (χ4n) is 0.531. The second-order valence-electron chi connectivity index (χ2n) is 3.88. The first-order valence-electron chi connectivity index (χ1n) is 3.94. The second-order valence-corrected chi connectivity index (χ2v) is 5.62. The number of hydrogen-bond donors (Lipinski definition) is 2.